The van der Waals surface area contributed by atoms with Crippen LogP contribution in [0.2, 0.25) is 0 Å². The summed E-state index contributed by atoms with van der Waals surface area (Å²) in [6, 6.07) is 14.5. The van der Waals surface area contributed by atoms with Crippen molar-refractivity contribution in [3.05, 3.63) is 77.9 Å². The quantitative estimate of drug-likeness (QED) is 0.256. The first kappa shape index (κ1) is 27.8. The normalized spacial score (nSPS) is 11.5. The van der Waals surface area contributed by atoms with Gasteiger partial charge in [0.15, 0.2) is 21.2 Å². The molecule has 0 unspecified atom stereocenters. The molecule has 0 saturated heterocycles. The Morgan fingerprint density at radius 2 is 1.90 bits per heavy atom. The van der Waals surface area contributed by atoms with Crippen molar-refractivity contribution in [1.82, 2.24) is 24.1 Å². The van der Waals surface area contributed by atoms with Gasteiger partial charge in [-0.05, 0) is 43.2 Å². The number of hydrogen-bond donors (Lipinski definition) is 1. The first-order valence-corrected chi connectivity index (χ1v) is 14.8. The Morgan fingerprint density at radius 1 is 1.10 bits per heavy atom. The predicted molar refractivity (Wildman–Crippen MR) is 155 cm³/mol. The van der Waals surface area contributed by atoms with Gasteiger partial charge in [0.2, 0.25) is 0 Å². The van der Waals surface area contributed by atoms with Gasteiger partial charge in [0.25, 0.3) is 0 Å². The van der Waals surface area contributed by atoms with E-state index in [1.165, 1.54) is 13.2 Å². The Labute approximate surface area is 237 Å². The number of aromatic nitrogens is 5. The van der Waals surface area contributed by atoms with Gasteiger partial charge in [-0.15, -0.1) is 0 Å². The lowest BCUT2D eigenvalue weighted by Gasteiger charge is -2.12. The fourth-order valence-electron chi connectivity index (χ4n) is 4.68. The number of esters is 1. The monoisotopic (exact) mass is 574 g/mol. The molecule has 2 aromatic carbocycles. The van der Waals surface area contributed by atoms with Crippen LogP contribution in [-0.2, 0) is 28.2 Å². The largest absolute Gasteiger partial charge is 0.495 e. The van der Waals surface area contributed by atoms with Gasteiger partial charge in [0.1, 0.15) is 22.3 Å². The molecule has 5 aromatic rings. The highest BCUT2D eigenvalue weighted by molar-refractivity contribution is 7.90. The molecule has 0 aliphatic carbocycles. The van der Waals surface area contributed by atoms with Crippen LogP contribution in [0.1, 0.15) is 28.7 Å². The minimum Gasteiger partial charge on any atom is -0.495 e. The van der Waals surface area contributed by atoms with Gasteiger partial charge in [0.05, 0.1) is 19.4 Å². The Kier molecular flexibility index (Phi) is 7.50. The van der Waals surface area contributed by atoms with Crippen molar-refractivity contribution in [2.45, 2.75) is 25.3 Å². The van der Waals surface area contributed by atoms with E-state index in [0.717, 1.165) is 23.2 Å². The number of carbonyl (C=O) groups is 1. The average Bonchev–Trinajstić information content (AvgIpc) is 3.53. The van der Waals surface area contributed by atoms with Crippen molar-refractivity contribution in [3.8, 4) is 28.3 Å². The van der Waals surface area contributed by atoms with Gasteiger partial charge in [-0.25, -0.2) is 23.2 Å². The molecule has 0 aliphatic rings. The zero-order chi connectivity index (χ0) is 29.3. The van der Waals surface area contributed by atoms with Crippen LogP contribution in [0.15, 0.2) is 65.8 Å². The highest BCUT2D eigenvalue weighted by atomic mass is 32.2. The van der Waals surface area contributed by atoms with Crippen molar-refractivity contribution < 1.29 is 22.7 Å². The van der Waals surface area contributed by atoms with Crippen LogP contribution in [0, 0.1) is 6.92 Å². The van der Waals surface area contributed by atoms with Gasteiger partial charge < -0.3 is 19.4 Å². The molecule has 0 radical (unpaired) electrons. The van der Waals surface area contributed by atoms with Crippen LogP contribution in [0.25, 0.3) is 28.2 Å². The molecule has 0 aliphatic heterocycles. The van der Waals surface area contributed by atoms with Crippen LogP contribution in [0.3, 0.4) is 0 Å². The minimum atomic E-state index is -3.59. The van der Waals surface area contributed by atoms with Crippen molar-refractivity contribution in [2.24, 2.45) is 7.05 Å². The maximum atomic E-state index is 12.8. The molecule has 0 amide bonds. The SMILES string of the molecule is CCOC(=O)c1cc(NCc2cccc(-c3nccn3C)c2)n2nc(C)c(-c3ccc(OC)c(S(C)(=O)=O)c3)c2n1. The Bertz CT molecular complexity index is 1880. The number of benzene rings is 2. The number of nitrogens with zero attached hydrogens (tertiary/aromatic N) is 5. The number of methoxy groups -OCH3 is 1. The van der Waals surface area contributed by atoms with E-state index in [0.29, 0.717) is 34.8 Å². The lowest BCUT2D eigenvalue weighted by atomic mass is 10.1. The number of aryl methyl sites for hydroxylation is 2. The average molecular weight is 575 g/mol. The molecule has 0 atom stereocenters. The number of anilines is 1. The number of sulfone groups is 1. The molecule has 41 heavy (non-hydrogen) atoms. The fourth-order valence-corrected chi connectivity index (χ4v) is 5.53. The maximum Gasteiger partial charge on any atom is 0.357 e. The third-order valence-corrected chi connectivity index (χ3v) is 7.70. The first-order chi connectivity index (χ1) is 19.6. The zero-order valence-corrected chi connectivity index (χ0v) is 24.2. The number of nitrogens with one attached hydrogen (secondary N) is 1. The molecule has 3 heterocycles. The Hall–Kier alpha value is -4.71. The molecule has 11 nitrogen and oxygen atoms in total. The summed E-state index contributed by atoms with van der Waals surface area (Å²) >= 11 is 0. The fraction of sp³-hybridized carbons (Fsp3) is 0.241. The molecular formula is C29H30N6O5S. The van der Waals surface area contributed by atoms with E-state index < -0.39 is 15.8 Å². The third-order valence-electron chi connectivity index (χ3n) is 6.58. The van der Waals surface area contributed by atoms with Gasteiger partial charge in [-0.3, -0.25) is 0 Å². The number of carbonyl (C=O) groups excluding carboxylic acids is 1. The molecule has 0 bridgehead atoms. The number of ether oxygens (including phenoxy) is 2. The summed E-state index contributed by atoms with van der Waals surface area (Å²) in [5.41, 5.74) is 4.20. The number of imidazole rings is 1. The standard InChI is InChI=1S/C29H30N6O5S/c1-6-40-29(36)22-16-25(31-17-19-8-7-9-21(14-19)27-30-12-13-34(27)3)35-28(32-22)26(18(2)33-35)20-10-11-23(39-4)24(15-20)41(5,37)38/h7-16,31H,6,17H2,1-5H3. The van der Waals surface area contributed by atoms with Crippen molar-refractivity contribution in [3.63, 3.8) is 0 Å². The zero-order valence-electron chi connectivity index (χ0n) is 23.4. The Balaban J connectivity index is 1.60. The molecule has 1 N–H and O–H groups in total. The van der Waals surface area contributed by atoms with E-state index in [1.54, 1.807) is 42.8 Å². The molecule has 0 fully saturated rings. The van der Waals surface area contributed by atoms with E-state index in [9.17, 15) is 13.2 Å². The van der Waals surface area contributed by atoms with E-state index in [2.05, 4.69) is 15.3 Å². The number of rotatable bonds is 9. The molecule has 5 rings (SSSR count). The van der Waals surface area contributed by atoms with Crippen LogP contribution < -0.4 is 10.1 Å². The first-order valence-electron chi connectivity index (χ1n) is 12.9. The van der Waals surface area contributed by atoms with Crippen LogP contribution in [0.5, 0.6) is 5.75 Å². The number of hydrogen-bond acceptors (Lipinski definition) is 9. The van der Waals surface area contributed by atoms with Crippen LogP contribution in [0.4, 0.5) is 5.82 Å². The summed E-state index contributed by atoms with van der Waals surface area (Å²) in [5, 5.41) is 8.08. The second-order valence-corrected chi connectivity index (χ2v) is 11.5. The lowest BCUT2D eigenvalue weighted by molar-refractivity contribution is 0.0519. The van der Waals surface area contributed by atoms with E-state index in [1.807, 2.05) is 42.1 Å². The van der Waals surface area contributed by atoms with Crippen molar-refractivity contribution in [2.75, 3.05) is 25.3 Å². The second kappa shape index (κ2) is 11.0. The van der Waals surface area contributed by atoms with Gasteiger partial charge in [-0.1, -0.05) is 24.3 Å². The lowest BCUT2D eigenvalue weighted by Crippen LogP contribution is -2.12. The highest BCUT2D eigenvalue weighted by Gasteiger charge is 2.22. The summed E-state index contributed by atoms with van der Waals surface area (Å²) in [5.74, 6) is 1.03. The minimum absolute atomic E-state index is 0.0451. The summed E-state index contributed by atoms with van der Waals surface area (Å²) < 4.78 is 39.1. The van der Waals surface area contributed by atoms with Gasteiger partial charge in [0, 0.05) is 49.4 Å². The van der Waals surface area contributed by atoms with Gasteiger partial charge >= 0.3 is 5.97 Å². The highest BCUT2D eigenvalue weighted by Crippen LogP contribution is 2.34. The molecule has 12 heteroatoms. The number of fused-ring (bicyclic) bond motifs is 1. The predicted octanol–water partition coefficient (Wildman–Crippen LogP) is 4.31. The smallest absolute Gasteiger partial charge is 0.357 e. The van der Waals surface area contributed by atoms with E-state index in [-0.39, 0.29) is 22.9 Å². The molecule has 0 saturated carbocycles. The van der Waals surface area contributed by atoms with E-state index in [4.69, 9.17) is 14.6 Å². The summed E-state index contributed by atoms with van der Waals surface area (Å²) in [6.07, 6.45) is 4.77. The van der Waals surface area contributed by atoms with Crippen molar-refractivity contribution >= 4 is 27.3 Å². The summed E-state index contributed by atoms with van der Waals surface area (Å²) in [4.78, 5) is 21.9. The van der Waals surface area contributed by atoms with Crippen LogP contribution in [-0.4, -0.2) is 58.5 Å². The molecule has 0 spiro atoms. The van der Waals surface area contributed by atoms with Gasteiger partial charge in [-0.2, -0.15) is 9.61 Å². The molecular weight excluding hydrogens is 544 g/mol. The topological polar surface area (TPSA) is 130 Å². The maximum absolute atomic E-state index is 12.8. The third kappa shape index (κ3) is 5.50. The van der Waals surface area contributed by atoms with Crippen LogP contribution >= 0.6 is 0 Å². The Morgan fingerprint density at radius 3 is 2.59 bits per heavy atom. The summed E-state index contributed by atoms with van der Waals surface area (Å²) in [6.45, 7) is 4.14. The second-order valence-electron chi connectivity index (χ2n) is 9.50. The molecule has 212 valence electrons. The van der Waals surface area contributed by atoms with Crippen molar-refractivity contribution in [1.29, 1.82) is 0 Å². The summed E-state index contributed by atoms with van der Waals surface area (Å²) in [7, 11) is -0.230. The van der Waals surface area contributed by atoms with E-state index >= 15 is 0 Å². The molecule has 3 aromatic heterocycles.